The number of carbonyl (C=O) groups excluding carboxylic acids is 2. The third-order valence-electron chi connectivity index (χ3n) is 1.77. The molecule has 0 fully saturated rings. The van der Waals surface area contributed by atoms with E-state index in [0.717, 1.165) is 11.3 Å². The summed E-state index contributed by atoms with van der Waals surface area (Å²) in [6.45, 7) is 1.97. The van der Waals surface area contributed by atoms with E-state index in [1.165, 1.54) is 22.2 Å². The summed E-state index contributed by atoms with van der Waals surface area (Å²) in [5.41, 5.74) is 1.65. The molecule has 0 unspecified atom stereocenters. The van der Waals surface area contributed by atoms with Crippen molar-refractivity contribution >= 4 is 39.7 Å². The zero-order valence-corrected chi connectivity index (χ0v) is 10.9. The molecule has 0 bridgehead atoms. The number of thiazole rings is 1. The van der Waals surface area contributed by atoms with E-state index in [-0.39, 0.29) is 17.3 Å². The molecule has 1 N–H and O–H groups in total. The number of nitrogens with one attached hydrogen (secondary N) is 1. The molecule has 0 aliphatic heterocycles. The zero-order chi connectivity index (χ0) is 13.0. The first kappa shape index (κ1) is 12.6. The molecule has 0 saturated heterocycles. The Bertz CT molecular complexity index is 552. The molecular formula is C9H8N4O3S2. The van der Waals surface area contributed by atoms with Gasteiger partial charge < -0.3 is 4.74 Å². The highest BCUT2D eigenvalue weighted by Crippen LogP contribution is 2.14. The van der Waals surface area contributed by atoms with E-state index >= 15 is 0 Å². The summed E-state index contributed by atoms with van der Waals surface area (Å²) in [7, 11) is 0. The van der Waals surface area contributed by atoms with Crippen molar-refractivity contribution in [1.29, 1.82) is 0 Å². The average Bonchev–Trinajstić information content (AvgIpc) is 2.99. The van der Waals surface area contributed by atoms with Gasteiger partial charge in [-0.3, -0.25) is 10.1 Å². The van der Waals surface area contributed by atoms with Crippen LogP contribution in [-0.2, 0) is 4.74 Å². The highest BCUT2D eigenvalue weighted by atomic mass is 32.1. The summed E-state index contributed by atoms with van der Waals surface area (Å²) in [6, 6.07) is 0. The molecular weight excluding hydrogens is 276 g/mol. The number of hydrogen-bond donors (Lipinski definition) is 1. The summed E-state index contributed by atoms with van der Waals surface area (Å²) < 4.78 is 4.78. The quantitative estimate of drug-likeness (QED) is 0.853. The molecule has 2 rings (SSSR count). The van der Waals surface area contributed by atoms with Crippen LogP contribution in [0.25, 0.3) is 0 Å². The van der Waals surface area contributed by atoms with E-state index in [2.05, 4.69) is 20.5 Å². The minimum Gasteiger partial charge on any atom is -0.461 e. The Morgan fingerprint density at radius 1 is 1.44 bits per heavy atom. The zero-order valence-electron chi connectivity index (χ0n) is 9.24. The van der Waals surface area contributed by atoms with E-state index < -0.39 is 11.9 Å². The van der Waals surface area contributed by atoms with Gasteiger partial charge in [0.05, 0.1) is 6.61 Å². The van der Waals surface area contributed by atoms with Crippen LogP contribution >= 0.6 is 22.7 Å². The smallest absolute Gasteiger partial charge is 0.367 e. The van der Waals surface area contributed by atoms with Crippen molar-refractivity contribution in [3.05, 3.63) is 21.6 Å². The summed E-state index contributed by atoms with van der Waals surface area (Å²) >= 11 is 2.26. The SMILES string of the molecule is CCOC(=O)c1nc(C(=O)Nc2nncs2)cs1. The molecule has 18 heavy (non-hydrogen) atoms. The van der Waals surface area contributed by atoms with Crippen LogP contribution < -0.4 is 5.32 Å². The van der Waals surface area contributed by atoms with Crippen molar-refractivity contribution in [2.24, 2.45) is 0 Å². The number of rotatable bonds is 4. The Morgan fingerprint density at radius 3 is 2.94 bits per heavy atom. The number of ether oxygens (including phenoxy) is 1. The minimum atomic E-state index is -0.530. The van der Waals surface area contributed by atoms with Gasteiger partial charge in [-0.25, -0.2) is 9.78 Å². The molecule has 0 aromatic carbocycles. The van der Waals surface area contributed by atoms with Crippen LogP contribution in [0.5, 0.6) is 0 Å². The minimum absolute atomic E-state index is 0.151. The number of aromatic nitrogens is 3. The fourth-order valence-corrected chi connectivity index (χ4v) is 2.18. The van der Waals surface area contributed by atoms with E-state index in [9.17, 15) is 9.59 Å². The fourth-order valence-electron chi connectivity index (χ4n) is 1.05. The lowest BCUT2D eigenvalue weighted by atomic mass is 10.4. The topological polar surface area (TPSA) is 94.1 Å². The first-order valence-electron chi connectivity index (χ1n) is 4.91. The molecule has 9 heteroatoms. The van der Waals surface area contributed by atoms with Crippen LogP contribution in [0.3, 0.4) is 0 Å². The number of carbonyl (C=O) groups is 2. The van der Waals surface area contributed by atoms with Crippen LogP contribution in [0.2, 0.25) is 0 Å². The summed E-state index contributed by atoms with van der Waals surface area (Å²) in [6.07, 6.45) is 0. The lowest BCUT2D eigenvalue weighted by Crippen LogP contribution is -2.13. The second kappa shape index (κ2) is 5.65. The van der Waals surface area contributed by atoms with Gasteiger partial charge in [0.2, 0.25) is 10.1 Å². The monoisotopic (exact) mass is 284 g/mol. The Labute approximate surface area is 110 Å². The molecule has 0 aliphatic rings. The number of amides is 1. The van der Waals surface area contributed by atoms with Crippen molar-refractivity contribution in [1.82, 2.24) is 15.2 Å². The second-order valence-corrected chi connectivity index (χ2v) is 4.65. The maximum atomic E-state index is 11.7. The summed E-state index contributed by atoms with van der Waals surface area (Å²) in [5.74, 6) is -0.962. The van der Waals surface area contributed by atoms with Gasteiger partial charge in [-0.2, -0.15) is 0 Å². The van der Waals surface area contributed by atoms with Gasteiger partial charge in [0.15, 0.2) is 0 Å². The van der Waals surface area contributed by atoms with Crippen molar-refractivity contribution in [2.75, 3.05) is 11.9 Å². The van der Waals surface area contributed by atoms with Crippen molar-refractivity contribution in [3.8, 4) is 0 Å². The number of nitrogens with zero attached hydrogens (tertiary/aromatic N) is 3. The predicted molar refractivity (Wildman–Crippen MR) is 65.9 cm³/mol. The molecule has 2 aromatic heterocycles. The molecule has 7 nitrogen and oxygen atoms in total. The molecule has 94 valence electrons. The Balaban J connectivity index is 2.05. The van der Waals surface area contributed by atoms with Gasteiger partial charge in [0.25, 0.3) is 5.91 Å². The third kappa shape index (κ3) is 2.87. The largest absolute Gasteiger partial charge is 0.461 e. The molecule has 0 saturated carbocycles. The average molecular weight is 284 g/mol. The molecule has 0 aliphatic carbocycles. The fraction of sp³-hybridized carbons (Fsp3) is 0.222. The lowest BCUT2D eigenvalue weighted by molar-refractivity contribution is 0.0526. The molecule has 1 amide bonds. The van der Waals surface area contributed by atoms with E-state index in [1.807, 2.05) is 0 Å². The van der Waals surface area contributed by atoms with E-state index in [4.69, 9.17) is 4.74 Å². The van der Waals surface area contributed by atoms with Crippen LogP contribution in [0, 0.1) is 0 Å². The third-order valence-corrected chi connectivity index (χ3v) is 3.20. The maximum Gasteiger partial charge on any atom is 0.367 e. The first-order chi connectivity index (χ1) is 8.70. The highest BCUT2D eigenvalue weighted by Gasteiger charge is 2.16. The van der Waals surface area contributed by atoms with Crippen LogP contribution in [-0.4, -0.2) is 33.7 Å². The molecule has 2 heterocycles. The number of esters is 1. The first-order valence-corrected chi connectivity index (χ1v) is 6.66. The van der Waals surface area contributed by atoms with Crippen molar-refractivity contribution in [3.63, 3.8) is 0 Å². The summed E-state index contributed by atoms with van der Waals surface area (Å²) in [4.78, 5) is 27.0. The molecule has 0 atom stereocenters. The Morgan fingerprint density at radius 2 is 2.28 bits per heavy atom. The van der Waals surface area contributed by atoms with Gasteiger partial charge in [-0.15, -0.1) is 21.5 Å². The van der Waals surface area contributed by atoms with Gasteiger partial charge in [-0.1, -0.05) is 11.3 Å². The Kier molecular flexibility index (Phi) is 3.95. The second-order valence-electron chi connectivity index (χ2n) is 2.96. The van der Waals surface area contributed by atoms with Gasteiger partial charge in [0.1, 0.15) is 11.2 Å². The van der Waals surface area contributed by atoms with Crippen molar-refractivity contribution in [2.45, 2.75) is 6.92 Å². The van der Waals surface area contributed by atoms with Crippen LogP contribution in [0.1, 0.15) is 27.2 Å². The number of anilines is 1. The lowest BCUT2D eigenvalue weighted by Gasteiger charge is -1.97. The number of hydrogen-bond acceptors (Lipinski definition) is 8. The van der Waals surface area contributed by atoms with Gasteiger partial charge in [0, 0.05) is 5.38 Å². The standard InChI is InChI=1S/C9H8N4O3S2/c1-2-16-8(15)7-11-5(3-17-7)6(14)12-9-13-10-4-18-9/h3-4H,2H2,1H3,(H,12,13,14). The molecule has 0 radical (unpaired) electrons. The summed E-state index contributed by atoms with van der Waals surface area (Å²) in [5, 5.41) is 11.8. The molecule has 2 aromatic rings. The Hall–Kier alpha value is -1.87. The van der Waals surface area contributed by atoms with Crippen LogP contribution in [0.4, 0.5) is 5.13 Å². The molecule has 0 spiro atoms. The van der Waals surface area contributed by atoms with Gasteiger partial charge >= 0.3 is 5.97 Å². The van der Waals surface area contributed by atoms with Crippen molar-refractivity contribution < 1.29 is 14.3 Å². The normalized spacial score (nSPS) is 10.1. The van der Waals surface area contributed by atoms with E-state index in [0.29, 0.717) is 5.13 Å². The van der Waals surface area contributed by atoms with E-state index in [1.54, 1.807) is 6.92 Å². The highest BCUT2D eigenvalue weighted by molar-refractivity contribution is 7.13. The predicted octanol–water partition coefficient (Wildman–Crippen LogP) is 1.42. The maximum absolute atomic E-state index is 11.7. The van der Waals surface area contributed by atoms with Crippen LogP contribution in [0.15, 0.2) is 10.9 Å². The van der Waals surface area contributed by atoms with Gasteiger partial charge in [-0.05, 0) is 6.92 Å².